The van der Waals surface area contributed by atoms with Crippen molar-refractivity contribution in [3.63, 3.8) is 0 Å². The van der Waals surface area contributed by atoms with Crippen LogP contribution in [0, 0.1) is 11.8 Å². The van der Waals surface area contributed by atoms with Crippen molar-refractivity contribution in [1.29, 1.82) is 0 Å². The Bertz CT molecular complexity index is 472. The number of amides is 1. The molecular formula is C13H14ClNO3. The molecule has 2 unspecified atom stereocenters. The smallest absolute Gasteiger partial charge is 0.323 e. The summed E-state index contributed by atoms with van der Waals surface area (Å²) in [5, 5.41) is 9.45. The van der Waals surface area contributed by atoms with Gasteiger partial charge in [-0.25, -0.2) is 0 Å². The molecule has 0 heterocycles. The van der Waals surface area contributed by atoms with Crippen LogP contribution in [0.1, 0.15) is 13.3 Å². The summed E-state index contributed by atoms with van der Waals surface area (Å²) < 4.78 is 0. The molecule has 1 aliphatic rings. The molecule has 18 heavy (non-hydrogen) atoms. The predicted molar refractivity (Wildman–Crippen MR) is 68.7 cm³/mol. The van der Waals surface area contributed by atoms with Crippen LogP contribution in [0.4, 0.5) is 5.69 Å². The first-order valence-corrected chi connectivity index (χ1v) is 6.15. The molecule has 5 heteroatoms. The summed E-state index contributed by atoms with van der Waals surface area (Å²) in [7, 11) is 0. The Balaban J connectivity index is 2.21. The number of aliphatic carboxylic acids is 1. The van der Waals surface area contributed by atoms with Crippen molar-refractivity contribution < 1.29 is 14.7 Å². The van der Waals surface area contributed by atoms with Crippen LogP contribution in [0.2, 0.25) is 5.02 Å². The van der Waals surface area contributed by atoms with Crippen molar-refractivity contribution in [2.24, 2.45) is 11.8 Å². The van der Waals surface area contributed by atoms with Gasteiger partial charge in [0, 0.05) is 16.6 Å². The van der Waals surface area contributed by atoms with E-state index in [1.165, 1.54) is 4.90 Å². The minimum absolute atomic E-state index is 0.0416. The topological polar surface area (TPSA) is 57.6 Å². The van der Waals surface area contributed by atoms with Crippen LogP contribution in [-0.4, -0.2) is 23.5 Å². The van der Waals surface area contributed by atoms with Crippen LogP contribution < -0.4 is 4.90 Å². The molecule has 1 aromatic carbocycles. The molecule has 1 aliphatic carbocycles. The summed E-state index contributed by atoms with van der Waals surface area (Å²) in [5.41, 5.74) is 0.575. The summed E-state index contributed by atoms with van der Waals surface area (Å²) in [6, 6.07) is 6.62. The van der Waals surface area contributed by atoms with Gasteiger partial charge in [0.05, 0.1) is 0 Å². The van der Waals surface area contributed by atoms with Crippen molar-refractivity contribution in [2.45, 2.75) is 13.3 Å². The fourth-order valence-electron chi connectivity index (χ4n) is 1.92. The number of halogens is 1. The Labute approximate surface area is 110 Å². The van der Waals surface area contributed by atoms with Crippen molar-refractivity contribution in [1.82, 2.24) is 0 Å². The van der Waals surface area contributed by atoms with Crippen molar-refractivity contribution >= 4 is 29.2 Å². The molecular weight excluding hydrogens is 254 g/mol. The largest absolute Gasteiger partial charge is 0.480 e. The molecule has 1 saturated carbocycles. The maximum atomic E-state index is 12.2. The number of carboxylic acid groups (broad SMARTS) is 1. The van der Waals surface area contributed by atoms with Gasteiger partial charge in [0.2, 0.25) is 5.91 Å². The van der Waals surface area contributed by atoms with Gasteiger partial charge in [0.25, 0.3) is 0 Å². The number of nitrogens with zero attached hydrogens (tertiary/aromatic N) is 1. The maximum Gasteiger partial charge on any atom is 0.323 e. The number of benzene rings is 1. The molecule has 1 amide bonds. The molecule has 1 aromatic rings. The van der Waals surface area contributed by atoms with E-state index < -0.39 is 5.97 Å². The van der Waals surface area contributed by atoms with Gasteiger partial charge in [-0.2, -0.15) is 0 Å². The van der Waals surface area contributed by atoms with Crippen LogP contribution in [0.15, 0.2) is 24.3 Å². The van der Waals surface area contributed by atoms with E-state index >= 15 is 0 Å². The van der Waals surface area contributed by atoms with Crippen molar-refractivity contribution in [3.05, 3.63) is 29.3 Å². The second kappa shape index (κ2) is 4.98. The lowest BCUT2D eigenvalue weighted by atomic mass is 10.2. The van der Waals surface area contributed by atoms with Crippen molar-refractivity contribution in [3.8, 4) is 0 Å². The molecule has 1 N–H and O–H groups in total. The highest BCUT2D eigenvalue weighted by Gasteiger charge is 2.42. The second-order valence-corrected chi connectivity index (χ2v) is 5.05. The molecule has 0 spiro atoms. The second-order valence-electron chi connectivity index (χ2n) is 4.61. The Morgan fingerprint density at radius 1 is 1.39 bits per heavy atom. The number of carbonyl (C=O) groups is 2. The Kier molecular flexibility index (Phi) is 3.57. The molecule has 2 rings (SSSR count). The molecule has 0 aliphatic heterocycles. The van der Waals surface area contributed by atoms with E-state index in [4.69, 9.17) is 16.7 Å². The third kappa shape index (κ3) is 2.82. The van der Waals surface area contributed by atoms with E-state index in [0.717, 1.165) is 6.42 Å². The Hall–Kier alpha value is -1.55. The number of hydrogen-bond donors (Lipinski definition) is 1. The van der Waals surface area contributed by atoms with Crippen LogP contribution in [-0.2, 0) is 9.59 Å². The van der Waals surface area contributed by atoms with Gasteiger partial charge in [-0.05, 0) is 36.6 Å². The molecule has 96 valence electrons. The number of rotatable bonds is 4. The average Bonchev–Trinajstić information content (AvgIpc) is 3.03. The number of hydrogen-bond acceptors (Lipinski definition) is 2. The molecule has 4 nitrogen and oxygen atoms in total. The molecule has 1 fully saturated rings. The van der Waals surface area contributed by atoms with E-state index in [-0.39, 0.29) is 18.4 Å². The lowest BCUT2D eigenvalue weighted by Gasteiger charge is -2.21. The maximum absolute atomic E-state index is 12.2. The molecule has 0 radical (unpaired) electrons. The summed E-state index contributed by atoms with van der Waals surface area (Å²) in [6.07, 6.45) is 0.836. The molecule has 0 aromatic heterocycles. The quantitative estimate of drug-likeness (QED) is 0.911. The SMILES string of the molecule is CC1CC1C(=O)N(CC(=O)O)c1ccc(Cl)cc1. The number of carboxylic acids is 1. The monoisotopic (exact) mass is 267 g/mol. The van der Waals surface area contributed by atoms with Gasteiger partial charge in [0.1, 0.15) is 6.54 Å². The van der Waals surface area contributed by atoms with E-state index in [1.54, 1.807) is 24.3 Å². The van der Waals surface area contributed by atoms with Crippen LogP contribution >= 0.6 is 11.6 Å². The standard InChI is InChI=1S/C13H14ClNO3/c1-8-6-11(8)13(18)15(7-12(16)17)10-4-2-9(14)3-5-10/h2-5,8,11H,6-7H2,1H3,(H,16,17). The highest BCUT2D eigenvalue weighted by Crippen LogP contribution is 2.40. The Morgan fingerprint density at radius 2 is 1.94 bits per heavy atom. The minimum atomic E-state index is -1.02. The first-order chi connectivity index (χ1) is 8.49. The zero-order valence-corrected chi connectivity index (χ0v) is 10.7. The number of anilines is 1. The lowest BCUT2D eigenvalue weighted by molar-refractivity contribution is -0.136. The summed E-state index contributed by atoms with van der Waals surface area (Å²) in [5.74, 6) is -0.833. The van der Waals surface area contributed by atoms with Gasteiger partial charge in [0.15, 0.2) is 0 Å². The van der Waals surface area contributed by atoms with Crippen LogP contribution in [0.3, 0.4) is 0 Å². The number of carbonyl (C=O) groups excluding carboxylic acids is 1. The fourth-order valence-corrected chi connectivity index (χ4v) is 2.05. The normalized spacial score (nSPS) is 21.4. The predicted octanol–water partition coefficient (Wildman–Crippen LogP) is 2.41. The highest BCUT2D eigenvalue weighted by molar-refractivity contribution is 6.30. The van der Waals surface area contributed by atoms with Gasteiger partial charge in [-0.15, -0.1) is 0 Å². The van der Waals surface area contributed by atoms with E-state index in [2.05, 4.69) is 0 Å². The van der Waals surface area contributed by atoms with Crippen molar-refractivity contribution in [2.75, 3.05) is 11.4 Å². The van der Waals surface area contributed by atoms with Gasteiger partial charge in [-0.3, -0.25) is 9.59 Å². The van der Waals surface area contributed by atoms with Gasteiger partial charge < -0.3 is 10.0 Å². The van der Waals surface area contributed by atoms with E-state index in [0.29, 0.717) is 16.6 Å². The third-order valence-corrected chi connectivity index (χ3v) is 3.38. The van der Waals surface area contributed by atoms with Crippen LogP contribution in [0.5, 0.6) is 0 Å². The minimum Gasteiger partial charge on any atom is -0.480 e. The van der Waals surface area contributed by atoms with Crippen LogP contribution in [0.25, 0.3) is 0 Å². The highest BCUT2D eigenvalue weighted by atomic mass is 35.5. The molecule has 0 bridgehead atoms. The zero-order valence-electron chi connectivity index (χ0n) is 9.97. The average molecular weight is 268 g/mol. The van der Waals surface area contributed by atoms with Gasteiger partial charge >= 0.3 is 5.97 Å². The fraction of sp³-hybridized carbons (Fsp3) is 0.385. The first kappa shape index (κ1) is 12.9. The first-order valence-electron chi connectivity index (χ1n) is 5.78. The zero-order chi connectivity index (χ0) is 13.3. The third-order valence-electron chi connectivity index (χ3n) is 3.12. The Morgan fingerprint density at radius 3 is 2.39 bits per heavy atom. The summed E-state index contributed by atoms with van der Waals surface area (Å²) in [6.45, 7) is 1.67. The summed E-state index contributed by atoms with van der Waals surface area (Å²) >= 11 is 5.78. The molecule has 2 atom stereocenters. The molecule has 0 saturated heterocycles. The van der Waals surface area contributed by atoms with E-state index in [9.17, 15) is 9.59 Å². The van der Waals surface area contributed by atoms with E-state index in [1.807, 2.05) is 6.92 Å². The summed E-state index contributed by atoms with van der Waals surface area (Å²) in [4.78, 5) is 24.3. The van der Waals surface area contributed by atoms with Gasteiger partial charge in [-0.1, -0.05) is 18.5 Å². The lowest BCUT2D eigenvalue weighted by Crippen LogP contribution is -2.37.